The number of aryl methyl sites for hydroxylation is 2. The van der Waals surface area contributed by atoms with E-state index in [0.717, 1.165) is 34.6 Å². The minimum absolute atomic E-state index is 0.0484. The minimum Gasteiger partial charge on any atom is -0.487 e. The molecule has 1 N–H and O–H groups in total. The van der Waals surface area contributed by atoms with Crippen molar-refractivity contribution in [3.63, 3.8) is 0 Å². The predicted octanol–water partition coefficient (Wildman–Crippen LogP) is 5.63. The molecular formula is C30H29F3N4O3. The van der Waals surface area contributed by atoms with Crippen LogP contribution in [0.4, 0.5) is 13.2 Å². The highest BCUT2D eigenvalue weighted by molar-refractivity contribution is 5.97. The van der Waals surface area contributed by atoms with E-state index in [1.807, 2.05) is 36.7 Å². The number of ketones is 1. The van der Waals surface area contributed by atoms with E-state index >= 15 is 0 Å². The predicted molar refractivity (Wildman–Crippen MR) is 143 cm³/mol. The van der Waals surface area contributed by atoms with Crippen molar-refractivity contribution in [1.29, 1.82) is 0 Å². The van der Waals surface area contributed by atoms with Crippen LogP contribution in [0.2, 0.25) is 0 Å². The second-order valence-corrected chi connectivity index (χ2v) is 9.49. The first-order chi connectivity index (χ1) is 19.0. The molecule has 0 unspecified atom stereocenters. The summed E-state index contributed by atoms with van der Waals surface area (Å²) in [5.41, 5.74) is 4.52. The molecule has 0 bridgehead atoms. The normalized spacial score (nSPS) is 11.4. The van der Waals surface area contributed by atoms with Crippen LogP contribution in [0.3, 0.4) is 0 Å². The van der Waals surface area contributed by atoms with Crippen LogP contribution in [0.25, 0.3) is 0 Å². The van der Waals surface area contributed by atoms with Crippen molar-refractivity contribution in [3.05, 3.63) is 111 Å². The average Bonchev–Trinajstić information content (AvgIpc) is 3.18. The maximum Gasteiger partial charge on any atom is 0.416 e. The van der Waals surface area contributed by atoms with Crippen LogP contribution >= 0.6 is 0 Å². The molecule has 0 spiro atoms. The number of Topliss-reactive ketones (excluding diaryl/α,β-unsaturated/α-hetero) is 1. The van der Waals surface area contributed by atoms with Gasteiger partial charge in [0.1, 0.15) is 12.4 Å². The van der Waals surface area contributed by atoms with Crippen LogP contribution in [-0.2, 0) is 25.7 Å². The molecule has 4 aromatic rings. The summed E-state index contributed by atoms with van der Waals surface area (Å²) >= 11 is 0. The van der Waals surface area contributed by atoms with Crippen molar-refractivity contribution in [2.45, 2.75) is 46.5 Å². The monoisotopic (exact) mass is 550 g/mol. The molecule has 7 nitrogen and oxygen atoms in total. The molecule has 0 aliphatic rings. The van der Waals surface area contributed by atoms with Gasteiger partial charge < -0.3 is 10.1 Å². The summed E-state index contributed by atoms with van der Waals surface area (Å²) in [5.74, 6) is 0.0478. The number of halogens is 3. The van der Waals surface area contributed by atoms with Gasteiger partial charge in [-0.1, -0.05) is 12.1 Å². The topological polar surface area (TPSA) is 86.1 Å². The fourth-order valence-corrected chi connectivity index (χ4v) is 4.35. The van der Waals surface area contributed by atoms with E-state index in [4.69, 9.17) is 4.74 Å². The highest BCUT2D eigenvalue weighted by atomic mass is 19.4. The molecule has 0 fully saturated rings. The summed E-state index contributed by atoms with van der Waals surface area (Å²) < 4.78 is 46.1. The molecule has 0 saturated heterocycles. The van der Waals surface area contributed by atoms with Crippen molar-refractivity contribution >= 4 is 11.7 Å². The Hall–Kier alpha value is -4.47. The Morgan fingerprint density at radius 3 is 2.42 bits per heavy atom. The molecule has 40 heavy (non-hydrogen) atoms. The first kappa shape index (κ1) is 28.5. The van der Waals surface area contributed by atoms with Gasteiger partial charge in [-0.2, -0.15) is 18.3 Å². The highest BCUT2D eigenvalue weighted by Crippen LogP contribution is 2.32. The van der Waals surface area contributed by atoms with Crippen molar-refractivity contribution in [3.8, 4) is 5.75 Å². The lowest BCUT2D eigenvalue weighted by atomic mass is 10.0. The third kappa shape index (κ3) is 6.56. The number of rotatable bonds is 9. The zero-order valence-corrected chi connectivity index (χ0v) is 22.6. The molecule has 1 amide bonds. The van der Waals surface area contributed by atoms with E-state index in [1.165, 1.54) is 12.3 Å². The SMILES string of the molecule is CNC(=O)c1cccc(Cn2nc(C)c(CC(=O)c3ccc(COc4ccc(C(F)(F)F)cc4C)nc3)c2C)c1. The number of ether oxygens (including phenoxy) is 1. The number of hydrogen-bond acceptors (Lipinski definition) is 5. The number of hydrogen-bond donors (Lipinski definition) is 1. The van der Waals surface area contributed by atoms with Gasteiger partial charge in [0.05, 0.1) is 23.5 Å². The van der Waals surface area contributed by atoms with Crippen LogP contribution in [-0.4, -0.2) is 33.5 Å². The smallest absolute Gasteiger partial charge is 0.416 e. The van der Waals surface area contributed by atoms with Crippen LogP contribution in [0, 0.1) is 20.8 Å². The quantitative estimate of drug-likeness (QED) is 0.273. The number of nitrogens with zero attached hydrogens (tertiary/aromatic N) is 3. The first-order valence-corrected chi connectivity index (χ1v) is 12.6. The Balaban J connectivity index is 1.40. The third-order valence-electron chi connectivity index (χ3n) is 6.64. The van der Waals surface area contributed by atoms with Crippen molar-refractivity contribution < 1.29 is 27.5 Å². The maximum absolute atomic E-state index is 13.0. The number of nitrogens with one attached hydrogen (secondary N) is 1. The molecular weight excluding hydrogens is 521 g/mol. The molecule has 0 saturated carbocycles. The van der Waals surface area contributed by atoms with Gasteiger partial charge in [0.2, 0.25) is 0 Å². The van der Waals surface area contributed by atoms with Gasteiger partial charge in [0.15, 0.2) is 5.78 Å². The lowest BCUT2D eigenvalue weighted by molar-refractivity contribution is -0.137. The zero-order chi connectivity index (χ0) is 29.0. The molecule has 0 aliphatic carbocycles. The first-order valence-electron chi connectivity index (χ1n) is 12.6. The fourth-order valence-electron chi connectivity index (χ4n) is 4.35. The van der Waals surface area contributed by atoms with E-state index in [1.54, 1.807) is 32.2 Å². The molecule has 2 aromatic heterocycles. The highest BCUT2D eigenvalue weighted by Gasteiger charge is 2.30. The number of benzene rings is 2. The van der Waals surface area contributed by atoms with Gasteiger partial charge in [-0.05, 0) is 74.4 Å². The van der Waals surface area contributed by atoms with Crippen molar-refractivity contribution in [2.75, 3.05) is 7.05 Å². The van der Waals surface area contributed by atoms with E-state index in [-0.39, 0.29) is 24.7 Å². The standard InChI is InChI=1S/C30H29F3N4O3/c1-18-12-24(30(31,32)33)9-11-28(18)40-17-25-10-8-23(15-35-25)27(38)14-26-19(2)36-37(20(26)3)16-21-6-5-7-22(13-21)29(39)34-4/h5-13,15H,14,16-17H2,1-4H3,(H,34,39). The van der Waals surface area contributed by atoms with E-state index in [9.17, 15) is 22.8 Å². The molecule has 2 aromatic carbocycles. The maximum atomic E-state index is 13.0. The van der Waals surface area contributed by atoms with E-state index in [2.05, 4.69) is 15.4 Å². The number of aromatic nitrogens is 3. The van der Waals surface area contributed by atoms with Gasteiger partial charge >= 0.3 is 6.18 Å². The van der Waals surface area contributed by atoms with Crippen LogP contribution in [0.15, 0.2) is 60.8 Å². The zero-order valence-electron chi connectivity index (χ0n) is 22.6. The Morgan fingerprint density at radius 2 is 1.77 bits per heavy atom. The largest absolute Gasteiger partial charge is 0.487 e. The number of carbonyl (C=O) groups is 2. The molecule has 208 valence electrons. The number of pyridine rings is 1. The van der Waals surface area contributed by atoms with Crippen LogP contribution in [0.5, 0.6) is 5.75 Å². The number of alkyl halides is 3. The Labute approximate surface area is 230 Å². The number of carbonyl (C=O) groups excluding carboxylic acids is 2. The summed E-state index contributed by atoms with van der Waals surface area (Å²) in [5, 5.41) is 7.22. The van der Waals surface area contributed by atoms with Gasteiger partial charge in [0, 0.05) is 42.0 Å². The summed E-state index contributed by atoms with van der Waals surface area (Å²) in [6.45, 7) is 5.82. The van der Waals surface area contributed by atoms with Gasteiger partial charge in [-0.15, -0.1) is 0 Å². The molecule has 0 atom stereocenters. The molecule has 0 radical (unpaired) electrons. The summed E-state index contributed by atoms with van der Waals surface area (Å²) in [6.07, 6.45) is -2.79. The van der Waals surface area contributed by atoms with Gasteiger partial charge in [0.25, 0.3) is 5.91 Å². The minimum atomic E-state index is -4.41. The Bertz CT molecular complexity index is 1540. The summed E-state index contributed by atoms with van der Waals surface area (Å²) in [4.78, 5) is 29.3. The van der Waals surface area contributed by atoms with Crippen LogP contribution < -0.4 is 10.1 Å². The summed E-state index contributed by atoms with van der Waals surface area (Å²) in [7, 11) is 1.58. The Morgan fingerprint density at radius 1 is 1.00 bits per heavy atom. The lowest BCUT2D eigenvalue weighted by Gasteiger charge is -2.12. The van der Waals surface area contributed by atoms with E-state index < -0.39 is 11.7 Å². The van der Waals surface area contributed by atoms with Crippen molar-refractivity contribution in [2.24, 2.45) is 0 Å². The fraction of sp³-hybridized carbons (Fsp3) is 0.267. The molecule has 0 aliphatic heterocycles. The van der Waals surface area contributed by atoms with Gasteiger partial charge in [-0.25, -0.2) is 0 Å². The van der Waals surface area contributed by atoms with Crippen molar-refractivity contribution in [1.82, 2.24) is 20.1 Å². The van der Waals surface area contributed by atoms with E-state index in [0.29, 0.717) is 34.7 Å². The lowest BCUT2D eigenvalue weighted by Crippen LogP contribution is -2.18. The molecule has 10 heteroatoms. The average molecular weight is 551 g/mol. The second-order valence-electron chi connectivity index (χ2n) is 9.49. The summed E-state index contributed by atoms with van der Waals surface area (Å²) in [6, 6.07) is 13.9. The molecule has 2 heterocycles. The van der Waals surface area contributed by atoms with Crippen LogP contribution in [0.1, 0.15) is 60.1 Å². The molecule has 4 rings (SSSR count). The Kier molecular flexibility index (Phi) is 8.37. The third-order valence-corrected chi connectivity index (χ3v) is 6.64. The number of amides is 1. The van der Waals surface area contributed by atoms with Gasteiger partial charge in [-0.3, -0.25) is 19.3 Å². The second kappa shape index (κ2) is 11.7.